The van der Waals surface area contributed by atoms with Crippen LogP contribution in [-0.2, 0) is 4.79 Å². The van der Waals surface area contributed by atoms with Crippen LogP contribution >= 0.6 is 0 Å². The molecule has 0 heterocycles. The van der Waals surface area contributed by atoms with Crippen LogP contribution in [0.5, 0.6) is 0 Å². The van der Waals surface area contributed by atoms with Crippen LogP contribution in [0.3, 0.4) is 0 Å². The molecule has 4 nitrogen and oxygen atoms in total. The third kappa shape index (κ3) is 2.44. The minimum atomic E-state index is -1.82. The number of hydrogen-bond donors (Lipinski definition) is 3. The van der Waals surface area contributed by atoms with Crippen molar-refractivity contribution in [2.45, 2.75) is 25.1 Å². The van der Waals surface area contributed by atoms with Crippen molar-refractivity contribution < 1.29 is 14.3 Å². The molecule has 0 aliphatic heterocycles. The number of carboxylic acids is 1. The Morgan fingerprint density at radius 2 is 2.27 bits per heavy atom. The van der Waals surface area contributed by atoms with Crippen LogP contribution in [0.1, 0.15) is 13.3 Å². The highest BCUT2D eigenvalue weighted by molar-refractivity contribution is 5.78. The highest BCUT2D eigenvalue weighted by Gasteiger charge is 2.37. The standard InChI is InChI=1S/C6H13FN2O2/c1-6(9,5(10)11)4(7)2-3-8/h4H,2-3,8-9H2,1H3,(H,10,11)/t4?,6-/m0/s1. The Labute approximate surface area is 64.4 Å². The number of carbonyl (C=O) groups is 1. The second-order valence-corrected chi connectivity index (χ2v) is 2.63. The summed E-state index contributed by atoms with van der Waals surface area (Å²) in [6, 6.07) is 0. The molecule has 0 radical (unpaired) electrons. The summed E-state index contributed by atoms with van der Waals surface area (Å²) in [5.41, 5.74) is 8.38. The van der Waals surface area contributed by atoms with Crippen molar-refractivity contribution in [1.82, 2.24) is 0 Å². The molecule has 0 aromatic heterocycles. The van der Waals surface area contributed by atoms with Crippen LogP contribution in [0, 0.1) is 0 Å². The lowest BCUT2D eigenvalue weighted by atomic mass is 9.95. The quantitative estimate of drug-likeness (QED) is 0.521. The van der Waals surface area contributed by atoms with Gasteiger partial charge in [-0.3, -0.25) is 4.79 Å². The molecule has 0 saturated carbocycles. The van der Waals surface area contributed by atoms with Crippen LogP contribution < -0.4 is 11.5 Å². The van der Waals surface area contributed by atoms with E-state index in [9.17, 15) is 9.18 Å². The first-order valence-electron chi connectivity index (χ1n) is 3.29. The number of alkyl halides is 1. The molecule has 11 heavy (non-hydrogen) atoms. The molecule has 0 saturated heterocycles. The summed E-state index contributed by atoms with van der Waals surface area (Å²) >= 11 is 0. The molecule has 0 aromatic rings. The van der Waals surface area contributed by atoms with Gasteiger partial charge in [0.15, 0.2) is 0 Å². The normalized spacial score (nSPS) is 18.9. The van der Waals surface area contributed by atoms with Crippen LogP contribution in [0.4, 0.5) is 4.39 Å². The minimum absolute atomic E-state index is 0.0285. The van der Waals surface area contributed by atoms with Crippen molar-refractivity contribution in [2.75, 3.05) is 6.54 Å². The molecular weight excluding hydrogens is 151 g/mol. The van der Waals surface area contributed by atoms with Crippen molar-refractivity contribution in [3.8, 4) is 0 Å². The van der Waals surface area contributed by atoms with Crippen LogP contribution in [0.15, 0.2) is 0 Å². The van der Waals surface area contributed by atoms with Gasteiger partial charge in [0.05, 0.1) is 0 Å². The van der Waals surface area contributed by atoms with Gasteiger partial charge in [0, 0.05) is 0 Å². The number of carboxylic acid groups (broad SMARTS) is 1. The fraction of sp³-hybridized carbons (Fsp3) is 0.833. The SMILES string of the molecule is C[C@@](N)(C(=O)O)C(F)CCN. The molecule has 0 spiro atoms. The Hall–Kier alpha value is -0.680. The van der Waals surface area contributed by atoms with Crippen LogP contribution in [-0.4, -0.2) is 29.3 Å². The third-order valence-electron chi connectivity index (χ3n) is 1.53. The molecule has 1 unspecified atom stereocenters. The lowest BCUT2D eigenvalue weighted by Gasteiger charge is -2.22. The molecular formula is C6H13FN2O2. The molecule has 0 aliphatic rings. The molecule has 0 aliphatic carbocycles. The molecule has 5 N–H and O–H groups in total. The van der Waals surface area contributed by atoms with Crippen molar-refractivity contribution >= 4 is 5.97 Å². The summed E-state index contributed by atoms with van der Waals surface area (Å²) in [4.78, 5) is 10.3. The van der Waals surface area contributed by atoms with Gasteiger partial charge in [-0.1, -0.05) is 0 Å². The van der Waals surface area contributed by atoms with E-state index in [1.54, 1.807) is 0 Å². The molecule has 0 aromatic carbocycles. The van der Waals surface area contributed by atoms with E-state index in [0.717, 1.165) is 6.92 Å². The van der Waals surface area contributed by atoms with E-state index < -0.39 is 17.7 Å². The molecule has 66 valence electrons. The molecule has 2 atom stereocenters. The number of halogens is 1. The zero-order chi connectivity index (χ0) is 9.07. The summed E-state index contributed by atoms with van der Waals surface area (Å²) in [6.07, 6.45) is -1.62. The monoisotopic (exact) mass is 164 g/mol. The Balaban J connectivity index is 4.17. The summed E-state index contributed by atoms with van der Waals surface area (Å²) in [6.45, 7) is 1.23. The Morgan fingerprint density at radius 1 is 1.82 bits per heavy atom. The van der Waals surface area contributed by atoms with Gasteiger partial charge in [0.25, 0.3) is 0 Å². The summed E-state index contributed by atoms with van der Waals surface area (Å²) in [7, 11) is 0. The van der Waals surface area contributed by atoms with Crippen molar-refractivity contribution in [2.24, 2.45) is 11.5 Å². The van der Waals surface area contributed by atoms with E-state index in [2.05, 4.69) is 0 Å². The van der Waals surface area contributed by atoms with Crippen molar-refractivity contribution in [1.29, 1.82) is 0 Å². The van der Waals surface area contributed by atoms with Gasteiger partial charge in [-0.05, 0) is 19.9 Å². The third-order valence-corrected chi connectivity index (χ3v) is 1.53. The zero-order valence-corrected chi connectivity index (χ0v) is 6.38. The summed E-state index contributed by atoms with van der Waals surface area (Å²) in [5, 5.41) is 8.43. The number of hydrogen-bond acceptors (Lipinski definition) is 3. The van der Waals surface area contributed by atoms with Gasteiger partial charge < -0.3 is 16.6 Å². The maximum absolute atomic E-state index is 12.8. The van der Waals surface area contributed by atoms with Gasteiger partial charge in [-0.2, -0.15) is 0 Å². The fourth-order valence-corrected chi connectivity index (χ4v) is 0.580. The maximum atomic E-state index is 12.8. The second kappa shape index (κ2) is 3.64. The number of aliphatic carboxylic acids is 1. The van der Waals surface area contributed by atoms with Gasteiger partial charge in [-0.25, -0.2) is 4.39 Å². The largest absolute Gasteiger partial charge is 0.480 e. The summed E-state index contributed by atoms with van der Waals surface area (Å²) < 4.78 is 12.8. The predicted octanol–water partition coefficient (Wildman–Crippen LogP) is -0.525. The summed E-state index contributed by atoms with van der Waals surface area (Å²) in [5.74, 6) is -1.35. The van der Waals surface area contributed by atoms with Crippen LogP contribution in [0.25, 0.3) is 0 Å². The average molecular weight is 164 g/mol. The average Bonchev–Trinajstić information content (AvgIpc) is 1.88. The van der Waals surface area contributed by atoms with E-state index in [0.29, 0.717) is 0 Å². The first-order valence-corrected chi connectivity index (χ1v) is 3.29. The first kappa shape index (κ1) is 10.3. The fourth-order valence-electron chi connectivity index (χ4n) is 0.580. The van der Waals surface area contributed by atoms with E-state index in [-0.39, 0.29) is 13.0 Å². The molecule has 0 rings (SSSR count). The van der Waals surface area contributed by atoms with E-state index in [1.807, 2.05) is 0 Å². The Bertz CT molecular complexity index is 150. The lowest BCUT2D eigenvalue weighted by molar-refractivity contribution is -0.145. The van der Waals surface area contributed by atoms with E-state index in [1.165, 1.54) is 0 Å². The van der Waals surface area contributed by atoms with E-state index >= 15 is 0 Å². The zero-order valence-electron chi connectivity index (χ0n) is 6.38. The van der Waals surface area contributed by atoms with Crippen LogP contribution in [0.2, 0.25) is 0 Å². The molecule has 5 heteroatoms. The lowest BCUT2D eigenvalue weighted by Crippen LogP contribution is -2.53. The smallest absolute Gasteiger partial charge is 0.326 e. The highest BCUT2D eigenvalue weighted by Crippen LogP contribution is 2.13. The highest BCUT2D eigenvalue weighted by atomic mass is 19.1. The van der Waals surface area contributed by atoms with Gasteiger partial charge in [-0.15, -0.1) is 0 Å². The predicted molar refractivity (Wildman–Crippen MR) is 38.8 cm³/mol. The Kier molecular flexibility index (Phi) is 3.41. The van der Waals surface area contributed by atoms with Gasteiger partial charge in [0.1, 0.15) is 11.7 Å². The number of nitrogens with two attached hydrogens (primary N) is 2. The van der Waals surface area contributed by atoms with Gasteiger partial charge >= 0.3 is 5.97 Å². The van der Waals surface area contributed by atoms with Gasteiger partial charge in [0.2, 0.25) is 0 Å². The van der Waals surface area contributed by atoms with Crippen molar-refractivity contribution in [3.63, 3.8) is 0 Å². The minimum Gasteiger partial charge on any atom is -0.480 e. The van der Waals surface area contributed by atoms with E-state index in [4.69, 9.17) is 16.6 Å². The maximum Gasteiger partial charge on any atom is 0.326 e. The molecule has 0 bridgehead atoms. The first-order chi connectivity index (χ1) is 4.92. The topological polar surface area (TPSA) is 89.3 Å². The molecule has 0 fully saturated rings. The molecule has 0 amide bonds. The van der Waals surface area contributed by atoms with Crippen molar-refractivity contribution in [3.05, 3.63) is 0 Å². The Morgan fingerprint density at radius 3 is 2.55 bits per heavy atom. The second-order valence-electron chi connectivity index (χ2n) is 2.63. The number of rotatable bonds is 4.